The average Bonchev–Trinajstić information content (AvgIpc) is 2.45. The molecule has 0 unspecified atom stereocenters. The van der Waals surface area contributed by atoms with Gasteiger partial charge in [-0.25, -0.2) is 18.1 Å². The van der Waals surface area contributed by atoms with Gasteiger partial charge in [0.05, 0.1) is 0 Å². The lowest BCUT2D eigenvalue weighted by Crippen LogP contribution is -2.30. The Morgan fingerprint density at radius 3 is 2.71 bits per heavy atom. The topological polar surface area (TPSA) is 100 Å². The van der Waals surface area contributed by atoms with Crippen LogP contribution in [0.2, 0.25) is 0 Å². The lowest BCUT2D eigenvalue weighted by Gasteiger charge is -2.12. The van der Waals surface area contributed by atoms with Crippen LogP contribution in [0.15, 0.2) is 21.6 Å². The number of anilines is 1. The molecule has 0 aliphatic carbocycles. The van der Waals surface area contributed by atoms with Crippen LogP contribution in [0.5, 0.6) is 0 Å². The monoisotopic (exact) mass is 378 g/mol. The highest BCUT2D eigenvalue weighted by atomic mass is 79.9. The Kier molecular flexibility index (Phi) is 7.06. The van der Waals surface area contributed by atoms with Gasteiger partial charge in [0.2, 0.25) is 15.9 Å². The van der Waals surface area contributed by atoms with Crippen molar-refractivity contribution < 1.29 is 13.2 Å². The third-order valence-corrected chi connectivity index (χ3v) is 4.48. The number of carbonyl (C=O) groups is 1. The van der Waals surface area contributed by atoms with Gasteiger partial charge >= 0.3 is 0 Å². The summed E-state index contributed by atoms with van der Waals surface area (Å²) in [6.07, 6.45) is 2.46. The van der Waals surface area contributed by atoms with Gasteiger partial charge in [0.1, 0.15) is 10.7 Å². The lowest BCUT2D eigenvalue weighted by atomic mass is 10.4. The smallest absolute Gasteiger partial charge is 0.244 e. The number of pyridine rings is 1. The maximum Gasteiger partial charge on any atom is 0.244 e. The van der Waals surface area contributed by atoms with E-state index < -0.39 is 10.0 Å². The van der Waals surface area contributed by atoms with Crippen molar-refractivity contribution in [2.75, 3.05) is 25.5 Å². The minimum absolute atomic E-state index is 0.0295. The van der Waals surface area contributed by atoms with E-state index in [2.05, 4.69) is 36.3 Å². The minimum Gasteiger partial charge on any atom is -0.369 e. The summed E-state index contributed by atoms with van der Waals surface area (Å²) < 4.78 is 27.6. The molecule has 0 aliphatic rings. The molecular formula is C12H19BrN4O3S. The van der Waals surface area contributed by atoms with Crippen LogP contribution >= 0.6 is 15.9 Å². The zero-order valence-electron chi connectivity index (χ0n) is 11.9. The quantitative estimate of drug-likeness (QED) is 0.628. The predicted molar refractivity (Wildman–Crippen MR) is 84.6 cm³/mol. The van der Waals surface area contributed by atoms with Crippen molar-refractivity contribution in [3.05, 3.63) is 16.7 Å². The maximum atomic E-state index is 12.3. The molecule has 0 radical (unpaired) electrons. The van der Waals surface area contributed by atoms with Gasteiger partial charge in [0.25, 0.3) is 0 Å². The highest BCUT2D eigenvalue weighted by molar-refractivity contribution is 9.10. The molecule has 0 bridgehead atoms. The Labute approximate surface area is 133 Å². The van der Waals surface area contributed by atoms with E-state index in [0.717, 1.165) is 6.42 Å². The van der Waals surface area contributed by atoms with Crippen molar-refractivity contribution in [3.8, 4) is 0 Å². The van der Waals surface area contributed by atoms with Crippen molar-refractivity contribution in [1.82, 2.24) is 15.0 Å². The van der Waals surface area contributed by atoms with Crippen LogP contribution in [0.4, 0.5) is 5.82 Å². The van der Waals surface area contributed by atoms with E-state index in [-0.39, 0.29) is 23.8 Å². The number of aromatic nitrogens is 1. The highest BCUT2D eigenvalue weighted by Gasteiger charge is 2.20. The molecule has 0 saturated carbocycles. The van der Waals surface area contributed by atoms with Gasteiger partial charge in [-0.1, -0.05) is 6.92 Å². The number of sulfonamides is 1. The summed E-state index contributed by atoms with van der Waals surface area (Å²) in [5.41, 5.74) is 0. The summed E-state index contributed by atoms with van der Waals surface area (Å²) in [6, 6.07) is 1.48. The second kappa shape index (κ2) is 8.30. The van der Waals surface area contributed by atoms with Crippen LogP contribution in [0.1, 0.15) is 19.8 Å². The van der Waals surface area contributed by atoms with Crippen LogP contribution in [0.25, 0.3) is 0 Å². The Hall–Kier alpha value is -1.19. The van der Waals surface area contributed by atoms with Gasteiger partial charge in [-0.2, -0.15) is 0 Å². The van der Waals surface area contributed by atoms with Crippen molar-refractivity contribution in [1.29, 1.82) is 0 Å². The first-order valence-electron chi connectivity index (χ1n) is 6.50. The average molecular weight is 379 g/mol. The highest BCUT2D eigenvalue weighted by Crippen LogP contribution is 2.22. The van der Waals surface area contributed by atoms with Gasteiger partial charge in [-0.05, 0) is 28.4 Å². The van der Waals surface area contributed by atoms with E-state index in [4.69, 9.17) is 0 Å². The van der Waals surface area contributed by atoms with E-state index in [9.17, 15) is 13.2 Å². The fraction of sp³-hybridized carbons (Fsp3) is 0.500. The number of hydrogen-bond acceptors (Lipinski definition) is 5. The number of rotatable bonds is 8. The molecule has 118 valence electrons. The van der Waals surface area contributed by atoms with Crippen LogP contribution in [-0.2, 0) is 14.8 Å². The summed E-state index contributed by atoms with van der Waals surface area (Å²) in [6.45, 7) is 2.62. The Morgan fingerprint density at radius 2 is 2.10 bits per heavy atom. The van der Waals surface area contributed by atoms with Crippen molar-refractivity contribution in [2.24, 2.45) is 0 Å². The molecule has 0 atom stereocenters. The molecule has 21 heavy (non-hydrogen) atoms. The zero-order chi connectivity index (χ0) is 15.9. The van der Waals surface area contributed by atoms with Crippen LogP contribution in [0.3, 0.4) is 0 Å². The Balaban J connectivity index is 2.90. The molecule has 1 amide bonds. The molecule has 0 spiro atoms. The van der Waals surface area contributed by atoms with Crippen molar-refractivity contribution in [2.45, 2.75) is 24.7 Å². The molecule has 3 N–H and O–H groups in total. The minimum atomic E-state index is -3.73. The summed E-state index contributed by atoms with van der Waals surface area (Å²) in [5, 5.41) is 5.41. The summed E-state index contributed by atoms with van der Waals surface area (Å²) in [5.74, 6) is 0.0712. The number of nitrogens with zero attached hydrogens (tertiary/aromatic N) is 1. The number of hydrogen-bond donors (Lipinski definition) is 3. The molecular weight excluding hydrogens is 360 g/mol. The van der Waals surface area contributed by atoms with Crippen LogP contribution in [0, 0.1) is 0 Å². The van der Waals surface area contributed by atoms with E-state index in [1.807, 2.05) is 6.92 Å². The van der Waals surface area contributed by atoms with E-state index in [0.29, 0.717) is 16.8 Å². The lowest BCUT2D eigenvalue weighted by molar-refractivity contribution is -0.120. The van der Waals surface area contributed by atoms with Gasteiger partial charge < -0.3 is 10.6 Å². The number of nitrogens with one attached hydrogen (secondary N) is 3. The Morgan fingerprint density at radius 1 is 1.38 bits per heavy atom. The summed E-state index contributed by atoms with van der Waals surface area (Å²) in [7, 11) is -2.23. The molecule has 1 aromatic rings. The fourth-order valence-corrected chi connectivity index (χ4v) is 3.17. The van der Waals surface area contributed by atoms with E-state index in [1.165, 1.54) is 19.3 Å². The SMILES string of the molecule is CCCNc1ncc(Br)cc1S(=O)(=O)NCCC(=O)NC. The van der Waals surface area contributed by atoms with E-state index in [1.54, 1.807) is 0 Å². The van der Waals surface area contributed by atoms with Gasteiger partial charge in [0.15, 0.2) is 0 Å². The standard InChI is InChI=1S/C12H19BrN4O3S/c1-3-5-15-12-10(7-9(13)8-16-12)21(19,20)17-6-4-11(18)14-2/h7-8,17H,3-6H2,1-2H3,(H,14,18)(H,15,16). The molecule has 0 aromatic carbocycles. The Bertz CT molecular complexity index is 592. The molecule has 1 heterocycles. The number of carbonyl (C=O) groups excluding carboxylic acids is 1. The third kappa shape index (κ3) is 5.60. The first-order valence-corrected chi connectivity index (χ1v) is 8.78. The number of halogens is 1. The van der Waals surface area contributed by atoms with Crippen molar-refractivity contribution >= 4 is 37.7 Å². The molecule has 9 heteroatoms. The molecule has 1 rings (SSSR count). The molecule has 0 fully saturated rings. The normalized spacial score (nSPS) is 11.2. The van der Waals surface area contributed by atoms with Crippen LogP contribution in [-0.4, -0.2) is 39.4 Å². The number of amides is 1. The maximum absolute atomic E-state index is 12.3. The first-order chi connectivity index (χ1) is 9.90. The molecule has 0 saturated heterocycles. The third-order valence-electron chi connectivity index (χ3n) is 2.57. The summed E-state index contributed by atoms with van der Waals surface area (Å²) in [4.78, 5) is 15.3. The van der Waals surface area contributed by atoms with Gasteiger partial charge in [-0.15, -0.1) is 0 Å². The van der Waals surface area contributed by atoms with Gasteiger partial charge in [0, 0.05) is 37.2 Å². The van der Waals surface area contributed by atoms with Crippen LogP contribution < -0.4 is 15.4 Å². The largest absolute Gasteiger partial charge is 0.369 e. The fourth-order valence-electron chi connectivity index (χ4n) is 1.50. The predicted octanol–water partition coefficient (Wildman–Crippen LogP) is 1.08. The molecule has 1 aromatic heterocycles. The second-order valence-corrected chi connectivity index (χ2v) is 6.90. The molecule has 7 nitrogen and oxygen atoms in total. The van der Waals surface area contributed by atoms with Gasteiger partial charge in [-0.3, -0.25) is 4.79 Å². The summed E-state index contributed by atoms with van der Waals surface area (Å²) >= 11 is 3.21. The van der Waals surface area contributed by atoms with E-state index >= 15 is 0 Å². The first kappa shape index (κ1) is 17.9. The zero-order valence-corrected chi connectivity index (χ0v) is 14.3. The second-order valence-electron chi connectivity index (χ2n) is 4.25. The molecule has 0 aliphatic heterocycles. The van der Waals surface area contributed by atoms with Crippen molar-refractivity contribution in [3.63, 3.8) is 0 Å².